The van der Waals surface area contributed by atoms with Crippen LogP contribution in [-0.2, 0) is 0 Å². The second kappa shape index (κ2) is 5.49. The molecule has 0 saturated heterocycles. The smallest absolute Gasteiger partial charge is 0.0942 e. The molecule has 0 spiro atoms. The number of aliphatic hydroxyl groups excluding tert-OH is 2. The number of nitrogens with one attached hydrogen (secondary N) is 1. The third-order valence-electron chi connectivity index (χ3n) is 2.55. The first-order chi connectivity index (χ1) is 8.19. The van der Waals surface area contributed by atoms with Gasteiger partial charge in [0.05, 0.1) is 12.7 Å². The molecule has 2 rings (SSSR count). The maximum Gasteiger partial charge on any atom is 0.0942 e. The molecule has 2 aromatic rings. The van der Waals surface area contributed by atoms with Crippen molar-refractivity contribution in [1.82, 2.24) is 0 Å². The summed E-state index contributed by atoms with van der Waals surface area (Å²) in [7, 11) is 0. The largest absolute Gasteiger partial charge is 0.394 e. The van der Waals surface area contributed by atoms with Gasteiger partial charge in [-0.1, -0.05) is 28.1 Å². The van der Waals surface area contributed by atoms with E-state index in [1.54, 1.807) is 0 Å². The van der Waals surface area contributed by atoms with Gasteiger partial charge in [-0.05, 0) is 35.0 Å². The first-order valence-corrected chi connectivity index (χ1v) is 6.20. The monoisotopic (exact) mass is 295 g/mol. The summed E-state index contributed by atoms with van der Waals surface area (Å²) >= 11 is 3.43. The lowest BCUT2D eigenvalue weighted by Gasteiger charge is -2.11. The molecule has 3 nitrogen and oxygen atoms in total. The minimum Gasteiger partial charge on any atom is -0.394 e. The molecule has 4 heteroatoms. The first-order valence-electron chi connectivity index (χ1n) is 5.41. The summed E-state index contributed by atoms with van der Waals surface area (Å²) in [5.74, 6) is 0. The first kappa shape index (κ1) is 12.4. The standard InChI is InChI=1S/C13H14BrNO2/c14-11-3-1-10-6-12(4-2-9(10)5-11)15-7-13(17)8-16/h1-6,13,15-17H,7-8H2/t13-/m0/s1. The molecule has 0 aliphatic heterocycles. The number of rotatable bonds is 4. The molecule has 0 aliphatic carbocycles. The fourth-order valence-electron chi connectivity index (χ4n) is 1.63. The average Bonchev–Trinajstić information content (AvgIpc) is 2.35. The van der Waals surface area contributed by atoms with Crippen LogP contribution in [0.4, 0.5) is 5.69 Å². The van der Waals surface area contributed by atoms with Crippen LogP contribution in [0, 0.1) is 0 Å². The van der Waals surface area contributed by atoms with Crippen LogP contribution in [0.15, 0.2) is 40.9 Å². The van der Waals surface area contributed by atoms with E-state index in [4.69, 9.17) is 5.11 Å². The van der Waals surface area contributed by atoms with Crippen LogP contribution in [0.1, 0.15) is 0 Å². The van der Waals surface area contributed by atoms with Crippen molar-refractivity contribution in [1.29, 1.82) is 0 Å². The van der Waals surface area contributed by atoms with E-state index in [0.29, 0.717) is 6.54 Å². The predicted octanol–water partition coefficient (Wildman–Crippen LogP) is 2.37. The van der Waals surface area contributed by atoms with Crippen LogP contribution in [0.2, 0.25) is 0 Å². The van der Waals surface area contributed by atoms with Gasteiger partial charge in [-0.3, -0.25) is 0 Å². The second-order valence-electron chi connectivity index (χ2n) is 3.92. The minimum absolute atomic E-state index is 0.229. The van der Waals surface area contributed by atoms with Crippen LogP contribution in [0.3, 0.4) is 0 Å². The van der Waals surface area contributed by atoms with E-state index in [0.717, 1.165) is 20.9 Å². The second-order valence-corrected chi connectivity index (χ2v) is 4.84. The number of fused-ring (bicyclic) bond motifs is 1. The van der Waals surface area contributed by atoms with Crippen LogP contribution < -0.4 is 5.32 Å². The highest BCUT2D eigenvalue weighted by molar-refractivity contribution is 9.10. The van der Waals surface area contributed by atoms with Gasteiger partial charge in [-0.25, -0.2) is 0 Å². The molecule has 2 aromatic carbocycles. The van der Waals surface area contributed by atoms with E-state index in [9.17, 15) is 5.11 Å². The van der Waals surface area contributed by atoms with Gasteiger partial charge in [-0.2, -0.15) is 0 Å². The van der Waals surface area contributed by atoms with Crippen molar-refractivity contribution < 1.29 is 10.2 Å². The number of benzene rings is 2. The molecule has 0 bridgehead atoms. The van der Waals surface area contributed by atoms with Crippen molar-refractivity contribution in [3.05, 3.63) is 40.9 Å². The average molecular weight is 296 g/mol. The number of halogens is 1. The molecule has 0 saturated carbocycles. The van der Waals surface area contributed by atoms with Crippen molar-refractivity contribution in [3.8, 4) is 0 Å². The molecule has 3 N–H and O–H groups in total. The SMILES string of the molecule is OC[C@@H](O)CNc1ccc2cc(Br)ccc2c1. The maximum absolute atomic E-state index is 9.25. The molecule has 0 fully saturated rings. The molecule has 0 aromatic heterocycles. The van der Waals surface area contributed by atoms with Gasteiger partial charge in [0.15, 0.2) is 0 Å². The molecule has 0 amide bonds. The van der Waals surface area contributed by atoms with E-state index in [-0.39, 0.29) is 6.61 Å². The highest BCUT2D eigenvalue weighted by Crippen LogP contribution is 2.22. The number of aliphatic hydroxyl groups is 2. The zero-order valence-corrected chi connectivity index (χ0v) is 10.8. The van der Waals surface area contributed by atoms with Crippen molar-refractivity contribution in [2.75, 3.05) is 18.5 Å². The zero-order valence-electron chi connectivity index (χ0n) is 9.23. The minimum atomic E-state index is -0.726. The molecular weight excluding hydrogens is 282 g/mol. The fraction of sp³-hybridized carbons (Fsp3) is 0.231. The fourth-order valence-corrected chi connectivity index (χ4v) is 2.01. The van der Waals surface area contributed by atoms with Gasteiger partial charge in [0.2, 0.25) is 0 Å². The summed E-state index contributed by atoms with van der Waals surface area (Å²) in [4.78, 5) is 0. The summed E-state index contributed by atoms with van der Waals surface area (Å²) in [5, 5.41) is 23.3. The van der Waals surface area contributed by atoms with Crippen LogP contribution in [-0.4, -0.2) is 29.5 Å². The van der Waals surface area contributed by atoms with Gasteiger partial charge in [0.1, 0.15) is 0 Å². The predicted molar refractivity (Wildman–Crippen MR) is 73.2 cm³/mol. The molecule has 17 heavy (non-hydrogen) atoms. The van der Waals surface area contributed by atoms with Crippen molar-refractivity contribution in [2.24, 2.45) is 0 Å². The van der Waals surface area contributed by atoms with Crippen LogP contribution >= 0.6 is 15.9 Å². The van der Waals surface area contributed by atoms with E-state index in [1.165, 1.54) is 0 Å². The Morgan fingerprint density at radius 1 is 1.12 bits per heavy atom. The van der Waals surface area contributed by atoms with Gasteiger partial charge < -0.3 is 15.5 Å². The quantitative estimate of drug-likeness (QED) is 0.812. The Morgan fingerprint density at radius 2 is 1.82 bits per heavy atom. The van der Waals surface area contributed by atoms with E-state index in [1.807, 2.05) is 30.3 Å². The summed E-state index contributed by atoms with van der Waals surface area (Å²) in [6.07, 6.45) is -0.726. The Hall–Kier alpha value is -1.10. The summed E-state index contributed by atoms with van der Waals surface area (Å²) in [6.45, 7) is 0.117. The molecule has 0 unspecified atom stereocenters. The van der Waals surface area contributed by atoms with Crippen LogP contribution in [0.5, 0.6) is 0 Å². The van der Waals surface area contributed by atoms with Crippen LogP contribution in [0.25, 0.3) is 10.8 Å². The summed E-state index contributed by atoms with van der Waals surface area (Å²) in [5.41, 5.74) is 0.937. The lowest BCUT2D eigenvalue weighted by molar-refractivity contribution is 0.105. The van der Waals surface area contributed by atoms with Crippen molar-refractivity contribution in [3.63, 3.8) is 0 Å². The Labute approximate surface area is 108 Å². The van der Waals surface area contributed by atoms with Gasteiger partial charge in [0.25, 0.3) is 0 Å². The Kier molecular flexibility index (Phi) is 3.99. The Morgan fingerprint density at radius 3 is 2.59 bits per heavy atom. The number of hydrogen-bond acceptors (Lipinski definition) is 3. The van der Waals surface area contributed by atoms with Crippen molar-refractivity contribution in [2.45, 2.75) is 6.10 Å². The molecular formula is C13H14BrNO2. The van der Waals surface area contributed by atoms with Gasteiger partial charge >= 0.3 is 0 Å². The Bertz CT molecular complexity index is 516. The molecule has 0 aliphatic rings. The van der Waals surface area contributed by atoms with Gasteiger partial charge in [0, 0.05) is 16.7 Å². The molecule has 90 valence electrons. The van der Waals surface area contributed by atoms with E-state index < -0.39 is 6.10 Å². The number of anilines is 1. The highest BCUT2D eigenvalue weighted by Gasteiger charge is 2.02. The van der Waals surface area contributed by atoms with E-state index in [2.05, 4.69) is 27.3 Å². The summed E-state index contributed by atoms with van der Waals surface area (Å²) < 4.78 is 1.06. The lowest BCUT2D eigenvalue weighted by atomic mass is 10.1. The lowest BCUT2D eigenvalue weighted by Crippen LogP contribution is -2.22. The zero-order chi connectivity index (χ0) is 12.3. The molecule has 0 heterocycles. The summed E-state index contributed by atoms with van der Waals surface area (Å²) in [6, 6.07) is 12.1. The maximum atomic E-state index is 9.25. The topological polar surface area (TPSA) is 52.5 Å². The van der Waals surface area contributed by atoms with Gasteiger partial charge in [-0.15, -0.1) is 0 Å². The van der Waals surface area contributed by atoms with Crippen molar-refractivity contribution >= 4 is 32.4 Å². The van der Waals surface area contributed by atoms with E-state index >= 15 is 0 Å². The normalized spacial score (nSPS) is 12.6. The molecule has 0 radical (unpaired) electrons. The third kappa shape index (κ3) is 3.19. The number of hydrogen-bond donors (Lipinski definition) is 3. The third-order valence-corrected chi connectivity index (χ3v) is 3.05. The Balaban J connectivity index is 2.17. The highest BCUT2D eigenvalue weighted by atomic mass is 79.9. The molecule has 1 atom stereocenters.